The zero-order valence-electron chi connectivity index (χ0n) is 15.2. The van der Waals surface area contributed by atoms with Crippen molar-refractivity contribution in [3.05, 3.63) is 29.3 Å². The average Bonchev–Trinajstić information content (AvgIpc) is 2.93. The predicted octanol–water partition coefficient (Wildman–Crippen LogP) is -0.326. The Balaban J connectivity index is 1.66. The first-order valence-electron chi connectivity index (χ1n) is 8.89. The van der Waals surface area contributed by atoms with E-state index in [1.165, 1.54) is 6.07 Å². The highest BCUT2D eigenvalue weighted by atomic mass is 16.7. The Morgan fingerprint density at radius 2 is 1.96 bits per heavy atom. The molecule has 2 amide bonds. The van der Waals surface area contributed by atoms with E-state index in [0.29, 0.717) is 13.0 Å². The van der Waals surface area contributed by atoms with Crippen molar-refractivity contribution in [1.82, 2.24) is 10.2 Å². The highest BCUT2D eigenvalue weighted by molar-refractivity contribution is 6.22. The molecule has 0 radical (unpaired) electrons. The predicted molar refractivity (Wildman–Crippen MR) is 96.2 cm³/mol. The molecular formula is C19H22N2O7. The number of benzene rings is 1. The number of rotatable bonds is 8. The van der Waals surface area contributed by atoms with Gasteiger partial charge in [-0.1, -0.05) is 12.0 Å². The van der Waals surface area contributed by atoms with Gasteiger partial charge in [0.1, 0.15) is 24.8 Å². The second kappa shape index (κ2) is 9.14. The van der Waals surface area contributed by atoms with Crippen molar-refractivity contribution in [2.45, 2.75) is 31.3 Å². The molecule has 2 aliphatic rings. The summed E-state index contributed by atoms with van der Waals surface area (Å²) in [6, 6.07) is 3.95. The Bertz CT molecular complexity index is 776. The summed E-state index contributed by atoms with van der Waals surface area (Å²) in [4.78, 5) is 26.7. The van der Waals surface area contributed by atoms with E-state index in [1.807, 2.05) is 0 Å². The fourth-order valence-corrected chi connectivity index (χ4v) is 3.26. The topological polar surface area (TPSA) is 118 Å². The van der Waals surface area contributed by atoms with Gasteiger partial charge in [-0.15, -0.1) is 6.42 Å². The molecule has 0 aromatic heterocycles. The average molecular weight is 390 g/mol. The minimum atomic E-state index is -1.21. The molecule has 0 aliphatic carbocycles. The quantitative estimate of drug-likeness (QED) is 0.239. The van der Waals surface area contributed by atoms with E-state index >= 15 is 0 Å². The molecule has 1 fully saturated rings. The third kappa shape index (κ3) is 4.16. The number of nitrogens with one attached hydrogen (secondary N) is 1. The maximum atomic E-state index is 12.9. The molecule has 0 bridgehead atoms. The van der Waals surface area contributed by atoms with Crippen molar-refractivity contribution in [1.29, 1.82) is 0 Å². The van der Waals surface area contributed by atoms with Crippen LogP contribution in [-0.4, -0.2) is 72.0 Å². The van der Waals surface area contributed by atoms with Crippen LogP contribution >= 0.6 is 0 Å². The first-order chi connectivity index (χ1) is 13.5. The second-order valence-corrected chi connectivity index (χ2v) is 6.36. The number of piperidine rings is 1. The van der Waals surface area contributed by atoms with E-state index in [1.54, 1.807) is 12.1 Å². The van der Waals surface area contributed by atoms with Gasteiger partial charge in [0.25, 0.3) is 11.8 Å². The molecular weight excluding hydrogens is 368 g/mol. The van der Waals surface area contributed by atoms with E-state index in [4.69, 9.17) is 20.6 Å². The fraction of sp³-hybridized carbons (Fsp3) is 0.474. The van der Waals surface area contributed by atoms with Gasteiger partial charge in [-0.25, -0.2) is 0 Å². The maximum absolute atomic E-state index is 12.9. The fourth-order valence-electron chi connectivity index (χ4n) is 3.26. The SMILES string of the molecule is C#CCOCCOCOc1cccc2c1C(=O)N(C1CCC(O)NC1O)C2=O. The van der Waals surface area contributed by atoms with E-state index in [0.717, 1.165) is 4.90 Å². The smallest absolute Gasteiger partial charge is 0.265 e. The first kappa shape index (κ1) is 20.3. The summed E-state index contributed by atoms with van der Waals surface area (Å²) >= 11 is 0. The molecule has 0 spiro atoms. The van der Waals surface area contributed by atoms with Crippen molar-refractivity contribution in [3.63, 3.8) is 0 Å². The number of carbonyl (C=O) groups excluding carboxylic acids is 2. The summed E-state index contributed by atoms with van der Waals surface area (Å²) in [6.45, 7) is 0.640. The molecule has 3 atom stereocenters. The largest absolute Gasteiger partial charge is 0.467 e. The minimum Gasteiger partial charge on any atom is -0.467 e. The van der Waals surface area contributed by atoms with E-state index in [9.17, 15) is 19.8 Å². The van der Waals surface area contributed by atoms with E-state index < -0.39 is 30.3 Å². The van der Waals surface area contributed by atoms with E-state index in [2.05, 4.69) is 11.2 Å². The first-order valence-corrected chi connectivity index (χ1v) is 8.89. The number of hydrogen-bond acceptors (Lipinski definition) is 8. The van der Waals surface area contributed by atoms with Gasteiger partial charge in [0, 0.05) is 0 Å². The van der Waals surface area contributed by atoms with Crippen LogP contribution in [0.4, 0.5) is 0 Å². The Kier molecular flexibility index (Phi) is 6.61. The monoisotopic (exact) mass is 390 g/mol. The molecule has 9 nitrogen and oxygen atoms in total. The lowest BCUT2D eigenvalue weighted by atomic mass is 10.0. The number of terminal acetylenes is 1. The molecule has 2 heterocycles. The van der Waals surface area contributed by atoms with Crippen LogP contribution in [0.15, 0.2) is 18.2 Å². The van der Waals surface area contributed by atoms with Crippen LogP contribution < -0.4 is 10.1 Å². The number of amides is 2. The van der Waals surface area contributed by atoms with Gasteiger partial charge in [0.2, 0.25) is 0 Å². The third-order valence-electron chi connectivity index (χ3n) is 4.56. The van der Waals surface area contributed by atoms with Gasteiger partial charge in [-0.3, -0.25) is 19.8 Å². The zero-order valence-corrected chi connectivity index (χ0v) is 15.2. The van der Waals surface area contributed by atoms with Crippen molar-refractivity contribution < 1.29 is 34.0 Å². The Hall–Kier alpha value is -2.48. The summed E-state index contributed by atoms with van der Waals surface area (Å²) in [6.07, 6.45) is 3.59. The van der Waals surface area contributed by atoms with Gasteiger partial charge in [-0.2, -0.15) is 0 Å². The van der Waals surface area contributed by atoms with Crippen LogP contribution in [0.25, 0.3) is 0 Å². The summed E-state index contributed by atoms with van der Waals surface area (Å²) in [5.74, 6) is 1.51. The highest BCUT2D eigenvalue weighted by Crippen LogP contribution is 2.34. The zero-order chi connectivity index (χ0) is 20.1. The lowest BCUT2D eigenvalue weighted by molar-refractivity contribution is -0.0414. The molecule has 0 saturated carbocycles. The van der Waals surface area contributed by atoms with Gasteiger partial charge in [0.05, 0.1) is 30.4 Å². The third-order valence-corrected chi connectivity index (χ3v) is 4.56. The number of nitrogens with zero attached hydrogens (tertiary/aromatic N) is 1. The highest BCUT2D eigenvalue weighted by Gasteiger charge is 2.45. The molecule has 3 rings (SSSR count). The van der Waals surface area contributed by atoms with Gasteiger partial charge >= 0.3 is 0 Å². The molecule has 1 aromatic carbocycles. The normalized spacial score (nSPS) is 24.2. The summed E-state index contributed by atoms with van der Waals surface area (Å²) in [5.41, 5.74) is 0.344. The Labute approximate surface area is 162 Å². The standard InChI is InChI=1S/C19H22N2O7/c1-2-8-26-9-10-27-11-28-14-5-3-4-12-16(14)19(25)21(18(12)24)13-6-7-15(22)20-17(13)23/h1,3-5,13,15,17,20,22-23H,6-11H2. The number of hydrogen-bond donors (Lipinski definition) is 3. The molecule has 28 heavy (non-hydrogen) atoms. The van der Waals surface area contributed by atoms with Crippen molar-refractivity contribution in [2.75, 3.05) is 26.6 Å². The summed E-state index contributed by atoms with van der Waals surface area (Å²) < 4.78 is 15.9. The Morgan fingerprint density at radius 3 is 2.71 bits per heavy atom. The molecule has 2 aliphatic heterocycles. The summed E-state index contributed by atoms with van der Waals surface area (Å²) in [7, 11) is 0. The second-order valence-electron chi connectivity index (χ2n) is 6.36. The van der Waals surface area contributed by atoms with Gasteiger partial charge in [-0.05, 0) is 25.0 Å². The Morgan fingerprint density at radius 1 is 1.18 bits per heavy atom. The van der Waals surface area contributed by atoms with Crippen LogP contribution in [0.2, 0.25) is 0 Å². The lowest BCUT2D eigenvalue weighted by Gasteiger charge is -2.36. The number of aliphatic hydroxyl groups is 2. The number of imide groups is 1. The number of ether oxygens (including phenoxy) is 3. The maximum Gasteiger partial charge on any atom is 0.265 e. The van der Waals surface area contributed by atoms with E-state index in [-0.39, 0.29) is 43.3 Å². The molecule has 9 heteroatoms. The van der Waals surface area contributed by atoms with Crippen molar-refractivity contribution in [2.24, 2.45) is 0 Å². The molecule has 150 valence electrons. The van der Waals surface area contributed by atoms with Gasteiger partial charge in [0.15, 0.2) is 6.79 Å². The summed E-state index contributed by atoms with van der Waals surface area (Å²) in [5, 5.41) is 22.3. The van der Waals surface area contributed by atoms with Crippen LogP contribution in [0.1, 0.15) is 33.6 Å². The van der Waals surface area contributed by atoms with Crippen molar-refractivity contribution >= 4 is 11.8 Å². The number of fused-ring (bicyclic) bond motifs is 1. The molecule has 3 unspecified atom stereocenters. The minimum absolute atomic E-state index is 0.128. The molecule has 1 saturated heterocycles. The molecule has 3 N–H and O–H groups in total. The van der Waals surface area contributed by atoms with Crippen LogP contribution in [-0.2, 0) is 9.47 Å². The van der Waals surface area contributed by atoms with Gasteiger partial charge < -0.3 is 24.4 Å². The number of aliphatic hydroxyl groups excluding tert-OH is 2. The molecule has 1 aromatic rings. The van der Waals surface area contributed by atoms with Crippen LogP contribution in [0, 0.1) is 12.3 Å². The van der Waals surface area contributed by atoms with Crippen LogP contribution in [0.3, 0.4) is 0 Å². The van der Waals surface area contributed by atoms with Crippen LogP contribution in [0.5, 0.6) is 5.75 Å². The lowest BCUT2D eigenvalue weighted by Crippen LogP contribution is -2.58. The van der Waals surface area contributed by atoms with Crippen molar-refractivity contribution in [3.8, 4) is 18.1 Å². The number of carbonyl (C=O) groups is 2.